The third-order valence-corrected chi connectivity index (χ3v) is 6.14. The highest BCUT2D eigenvalue weighted by Crippen LogP contribution is 2.36. The number of aryl methyl sites for hydroxylation is 2. The largest absolute Gasteiger partial charge is 0.312 e. The van der Waals surface area contributed by atoms with E-state index in [9.17, 15) is 18.9 Å². The molecule has 0 N–H and O–H groups in total. The summed E-state index contributed by atoms with van der Waals surface area (Å²) in [6.07, 6.45) is -1.16. The molecule has 0 bridgehead atoms. The molecule has 31 heavy (non-hydrogen) atoms. The lowest BCUT2D eigenvalue weighted by Gasteiger charge is -2.01. The van der Waals surface area contributed by atoms with Crippen molar-refractivity contribution in [3.05, 3.63) is 51.0 Å². The number of thiophene rings is 1. The zero-order valence-corrected chi connectivity index (χ0v) is 17.3. The van der Waals surface area contributed by atoms with Crippen LogP contribution in [-0.2, 0) is 6.54 Å². The molecule has 0 aliphatic heterocycles. The van der Waals surface area contributed by atoms with Gasteiger partial charge in [0.05, 0.1) is 10.4 Å². The molecule has 158 valence electrons. The van der Waals surface area contributed by atoms with Crippen LogP contribution >= 0.6 is 11.3 Å². The number of rotatable bonds is 4. The van der Waals surface area contributed by atoms with E-state index in [1.165, 1.54) is 32.9 Å². The van der Waals surface area contributed by atoms with Gasteiger partial charge in [0.1, 0.15) is 39.5 Å². The summed E-state index contributed by atoms with van der Waals surface area (Å²) in [5.41, 5.74) is 2.21. The molecule has 0 radical (unpaired) electrons. The molecule has 5 heterocycles. The molecule has 0 saturated heterocycles. The Hall–Kier alpha value is -3.61. The molecule has 0 fully saturated rings. The molecule has 0 aromatic carbocycles. The predicted octanol–water partition coefficient (Wildman–Crippen LogP) is 3.90. The van der Waals surface area contributed by atoms with Crippen LogP contribution in [0.25, 0.3) is 26.1 Å². The van der Waals surface area contributed by atoms with E-state index in [1.807, 2.05) is 0 Å². The van der Waals surface area contributed by atoms with Crippen LogP contribution in [0.15, 0.2) is 12.4 Å². The van der Waals surface area contributed by atoms with E-state index >= 15 is 0 Å². The molecule has 0 atom stereocenters. The topological polar surface area (TPSA) is 117 Å². The number of halogens is 2. The summed E-state index contributed by atoms with van der Waals surface area (Å²) in [6, 6.07) is 1.37. The molecule has 0 unspecified atom stereocenters. The molecule has 0 aliphatic rings. The molecular formula is C18H14F2N8O2S. The highest BCUT2D eigenvalue weighted by Gasteiger charge is 2.23. The molecule has 0 saturated carbocycles. The van der Waals surface area contributed by atoms with Gasteiger partial charge >= 0.3 is 5.69 Å². The van der Waals surface area contributed by atoms with Crippen molar-refractivity contribution in [2.45, 2.75) is 33.7 Å². The summed E-state index contributed by atoms with van der Waals surface area (Å²) in [5, 5.41) is 20.6. The van der Waals surface area contributed by atoms with Gasteiger partial charge in [-0.25, -0.2) is 28.2 Å². The van der Waals surface area contributed by atoms with Crippen molar-refractivity contribution < 1.29 is 13.7 Å². The van der Waals surface area contributed by atoms with Crippen LogP contribution in [0.5, 0.6) is 0 Å². The van der Waals surface area contributed by atoms with Gasteiger partial charge in [0.2, 0.25) is 0 Å². The van der Waals surface area contributed by atoms with Gasteiger partial charge in [0.25, 0.3) is 6.43 Å². The number of hydrogen-bond acceptors (Lipinski definition) is 8. The average Bonchev–Trinajstić information content (AvgIpc) is 3.34. The minimum Gasteiger partial charge on any atom is -0.258 e. The van der Waals surface area contributed by atoms with E-state index < -0.39 is 11.3 Å². The van der Waals surface area contributed by atoms with E-state index in [2.05, 4.69) is 25.1 Å². The second-order valence-corrected chi connectivity index (χ2v) is 8.10. The normalized spacial score (nSPS) is 12.1. The van der Waals surface area contributed by atoms with Crippen LogP contribution in [0, 0.1) is 30.9 Å². The fraction of sp³-hybridized carbons (Fsp3) is 0.278. The van der Waals surface area contributed by atoms with Gasteiger partial charge in [0, 0.05) is 5.39 Å². The highest BCUT2D eigenvalue weighted by molar-refractivity contribution is 7.26. The van der Waals surface area contributed by atoms with Crippen molar-refractivity contribution in [1.29, 1.82) is 0 Å². The standard InChI is InChI=1S/C18H14F2N8O2S/c1-7-4-10(16(19)20)22-18-12(7)13-15(31-18)17-23-11(25-27(17)6-21-13)5-26-9(3)14(28(29)30)8(2)24-26/h4,6,16H,5H2,1-3H3. The Morgan fingerprint density at radius 1 is 1.23 bits per heavy atom. The zero-order valence-electron chi connectivity index (χ0n) is 16.5. The Labute approximate surface area is 176 Å². The Bertz CT molecular complexity index is 1520. The van der Waals surface area contributed by atoms with Gasteiger partial charge < -0.3 is 0 Å². The average molecular weight is 444 g/mol. The van der Waals surface area contributed by atoms with Crippen LogP contribution in [0.2, 0.25) is 0 Å². The van der Waals surface area contributed by atoms with Crippen molar-refractivity contribution in [2.24, 2.45) is 0 Å². The molecule has 0 aliphatic carbocycles. The Morgan fingerprint density at radius 2 is 2.00 bits per heavy atom. The molecule has 5 aromatic heterocycles. The quantitative estimate of drug-likeness (QED) is 0.305. The number of pyridine rings is 1. The van der Waals surface area contributed by atoms with Crippen LogP contribution in [-0.4, -0.2) is 39.3 Å². The van der Waals surface area contributed by atoms with E-state index in [4.69, 9.17) is 0 Å². The second-order valence-electron chi connectivity index (χ2n) is 7.10. The maximum absolute atomic E-state index is 13.2. The van der Waals surface area contributed by atoms with Gasteiger partial charge in [0.15, 0.2) is 11.5 Å². The minimum atomic E-state index is -2.66. The molecule has 13 heteroatoms. The fourth-order valence-corrected chi connectivity index (χ4v) is 4.88. The molecular weight excluding hydrogens is 430 g/mol. The van der Waals surface area contributed by atoms with Crippen LogP contribution in [0.3, 0.4) is 0 Å². The number of aromatic nitrogens is 7. The first-order valence-electron chi connectivity index (χ1n) is 9.15. The lowest BCUT2D eigenvalue weighted by molar-refractivity contribution is -0.386. The van der Waals surface area contributed by atoms with E-state index in [0.717, 1.165) is 0 Å². The molecule has 0 amide bonds. The third-order valence-electron chi connectivity index (χ3n) is 5.07. The van der Waals surface area contributed by atoms with Crippen molar-refractivity contribution in [3.63, 3.8) is 0 Å². The monoisotopic (exact) mass is 444 g/mol. The van der Waals surface area contributed by atoms with Gasteiger partial charge in [-0.1, -0.05) is 0 Å². The maximum Gasteiger partial charge on any atom is 0.312 e. The number of hydrogen-bond donors (Lipinski definition) is 0. The van der Waals surface area contributed by atoms with Crippen LogP contribution < -0.4 is 0 Å². The van der Waals surface area contributed by atoms with Crippen molar-refractivity contribution in [1.82, 2.24) is 34.3 Å². The molecule has 5 aromatic rings. The van der Waals surface area contributed by atoms with Crippen molar-refractivity contribution >= 4 is 43.1 Å². The first-order valence-corrected chi connectivity index (χ1v) is 9.96. The predicted molar refractivity (Wildman–Crippen MR) is 109 cm³/mol. The van der Waals surface area contributed by atoms with Gasteiger partial charge in [-0.3, -0.25) is 14.8 Å². The molecule has 0 spiro atoms. The molecule has 5 rings (SSSR count). The Balaban J connectivity index is 1.65. The number of nitro groups is 1. The second kappa shape index (κ2) is 6.70. The van der Waals surface area contributed by atoms with E-state index in [1.54, 1.807) is 20.8 Å². The smallest absolute Gasteiger partial charge is 0.258 e. The summed E-state index contributed by atoms with van der Waals surface area (Å²) in [6.45, 7) is 5.08. The van der Waals surface area contributed by atoms with Crippen molar-refractivity contribution in [3.8, 4) is 0 Å². The SMILES string of the molecule is Cc1nn(Cc2nc3c4sc5nc(C(F)F)cc(C)c5c4ncn3n2)c(C)c1[N+](=O)[O-]. The third kappa shape index (κ3) is 2.91. The summed E-state index contributed by atoms with van der Waals surface area (Å²) in [4.78, 5) is 24.3. The zero-order chi connectivity index (χ0) is 22.0. The number of fused-ring (bicyclic) bond motifs is 5. The van der Waals surface area contributed by atoms with Crippen LogP contribution in [0.4, 0.5) is 14.5 Å². The Morgan fingerprint density at radius 3 is 2.68 bits per heavy atom. The number of nitrogens with zero attached hydrogens (tertiary/aromatic N) is 8. The minimum absolute atomic E-state index is 0.0336. The summed E-state index contributed by atoms with van der Waals surface area (Å²) in [5.74, 6) is 0.394. The van der Waals surface area contributed by atoms with Gasteiger partial charge in [-0.15, -0.1) is 16.4 Å². The van der Waals surface area contributed by atoms with Crippen molar-refractivity contribution in [2.75, 3.05) is 0 Å². The summed E-state index contributed by atoms with van der Waals surface area (Å²) in [7, 11) is 0. The fourth-order valence-electron chi connectivity index (χ4n) is 3.70. The van der Waals surface area contributed by atoms with E-state index in [-0.39, 0.29) is 17.9 Å². The van der Waals surface area contributed by atoms with E-state index in [0.29, 0.717) is 48.9 Å². The first-order chi connectivity index (χ1) is 14.7. The van der Waals surface area contributed by atoms with Gasteiger partial charge in [-0.05, 0) is 32.4 Å². The highest BCUT2D eigenvalue weighted by atomic mass is 32.1. The number of alkyl halides is 2. The lowest BCUT2D eigenvalue weighted by Crippen LogP contribution is -2.06. The summed E-state index contributed by atoms with van der Waals surface area (Å²) < 4.78 is 30.0. The molecule has 10 nitrogen and oxygen atoms in total. The lowest BCUT2D eigenvalue weighted by atomic mass is 10.1. The summed E-state index contributed by atoms with van der Waals surface area (Å²) >= 11 is 1.23. The first kappa shape index (κ1) is 19.4. The maximum atomic E-state index is 13.2. The van der Waals surface area contributed by atoms with Gasteiger partial charge in [-0.2, -0.15) is 5.10 Å². The Kier molecular flexibility index (Phi) is 4.18. The van der Waals surface area contributed by atoms with Crippen LogP contribution in [0.1, 0.15) is 34.9 Å².